The lowest BCUT2D eigenvalue weighted by Gasteiger charge is -1.90. The van der Waals surface area contributed by atoms with E-state index in [4.69, 9.17) is 0 Å². The van der Waals surface area contributed by atoms with Crippen LogP contribution < -0.4 is 5.32 Å². The third-order valence-corrected chi connectivity index (χ3v) is 0.982. The van der Waals surface area contributed by atoms with Crippen LogP contribution >= 0.6 is 0 Å². The van der Waals surface area contributed by atoms with Gasteiger partial charge in [0.15, 0.2) is 0 Å². The second kappa shape index (κ2) is 1.37. The van der Waals surface area contributed by atoms with Gasteiger partial charge in [0.1, 0.15) is 7.85 Å². The van der Waals surface area contributed by atoms with Crippen LogP contribution in [0.3, 0.4) is 0 Å². The number of nitrogens with one attached hydrogen (secondary N) is 1. The summed E-state index contributed by atoms with van der Waals surface area (Å²) in [7, 11) is 2.19. The van der Waals surface area contributed by atoms with E-state index in [-0.39, 0.29) is 0 Å². The Morgan fingerprint density at radius 1 is 1.83 bits per heavy atom. The van der Waals surface area contributed by atoms with Crippen LogP contribution in [0.5, 0.6) is 0 Å². The maximum atomic E-state index is 3.09. The highest BCUT2D eigenvalue weighted by Crippen LogP contribution is 2.01. The number of hydrogen-bond donors (Lipinski definition) is 1. The van der Waals surface area contributed by atoms with E-state index >= 15 is 0 Å². The second-order valence-corrected chi connectivity index (χ2v) is 1.74. The van der Waals surface area contributed by atoms with Crippen molar-refractivity contribution in [1.82, 2.24) is 5.32 Å². The number of hydrogen-bond acceptors (Lipinski definition) is 1. The summed E-state index contributed by atoms with van der Waals surface area (Å²) < 4.78 is 0. The van der Waals surface area contributed by atoms with Crippen molar-refractivity contribution in [3.8, 4) is 0 Å². The van der Waals surface area contributed by atoms with E-state index in [1.54, 1.807) is 0 Å². The molecule has 0 fully saturated rings. The molecule has 1 atom stereocenters. The molecule has 0 aliphatic carbocycles. The zero-order valence-corrected chi connectivity index (χ0v) is 3.94. The topological polar surface area (TPSA) is 12.0 Å². The Morgan fingerprint density at radius 3 is 2.83 bits per heavy atom. The molecule has 0 radical (unpaired) electrons. The molecule has 32 valence electrons. The molecule has 0 saturated carbocycles. The minimum Gasteiger partial charge on any atom is -0.391 e. The van der Waals surface area contributed by atoms with Crippen molar-refractivity contribution in [2.24, 2.45) is 0 Å². The third-order valence-electron chi connectivity index (χ3n) is 0.982. The molecule has 6 heavy (non-hydrogen) atoms. The molecule has 0 bridgehead atoms. The smallest absolute Gasteiger partial charge is 0.112 e. The van der Waals surface area contributed by atoms with Gasteiger partial charge in [0.25, 0.3) is 0 Å². The largest absolute Gasteiger partial charge is 0.391 e. The van der Waals surface area contributed by atoms with Crippen LogP contribution in [0.4, 0.5) is 0 Å². The van der Waals surface area contributed by atoms with Crippen LogP contribution in [-0.2, 0) is 0 Å². The lowest BCUT2D eigenvalue weighted by atomic mass is 9.89. The van der Waals surface area contributed by atoms with Gasteiger partial charge < -0.3 is 5.32 Å². The number of rotatable bonds is 0. The first kappa shape index (κ1) is 3.78. The average Bonchev–Trinajstić information content (AvgIpc) is 1.86. The minimum atomic E-state index is 0.755. The first-order valence-corrected chi connectivity index (χ1v) is 2.29. The maximum Gasteiger partial charge on any atom is 0.112 e. The van der Waals surface area contributed by atoms with Gasteiger partial charge >= 0.3 is 0 Å². The van der Waals surface area contributed by atoms with E-state index in [2.05, 4.69) is 19.2 Å². The lowest BCUT2D eigenvalue weighted by Crippen LogP contribution is -2.03. The van der Waals surface area contributed by atoms with Crippen molar-refractivity contribution in [3.05, 3.63) is 12.3 Å². The Bertz CT molecular complexity index is 69.9. The summed E-state index contributed by atoms with van der Waals surface area (Å²) in [4.78, 5) is 0. The van der Waals surface area contributed by atoms with Gasteiger partial charge in [0.05, 0.1) is 0 Å². The van der Waals surface area contributed by atoms with E-state index in [9.17, 15) is 0 Å². The van der Waals surface area contributed by atoms with Gasteiger partial charge in [-0.3, -0.25) is 0 Å². The van der Waals surface area contributed by atoms with Crippen molar-refractivity contribution < 1.29 is 0 Å². The van der Waals surface area contributed by atoms with Crippen LogP contribution in [0.1, 0.15) is 0 Å². The molecule has 1 aliphatic rings. The van der Waals surface area contributed by atoms with Crippen molar-refractivity contribution in [3.63, 3.8) is 0 Å². The monoisotopic (exact) mass is 81.1 g/mol. The summed E-state index contributed by atoms with van der Waals surface area (Å²) in [6, 6.07) is 0. The van der Waals surface area contributed by atoms with Gasteiger partial charge in [0.2, 0.25) is 0 Å². The van der Waals surface area contributed by atoms with E-state index in [0.717, 1.165) is 12.4 Å². The SMILES string of the molecule is BC1C=CNC1. The quantitative estimate of drug-likeness (QED) is 0.388. The molecule has 1 N–H and O–H groups in total. The molecule has 0 saturated heterocycles. The molecule has 1 aliphatic heterocycles. The second-order valence-electron chi connectivity index (χ2n) is 1.74. The minimum absolute atomic E-state index is 0.755. The van der Waals surface area contributed by atoms with Crippen LogP contribution in [-0.4, -0.2) is 14.4 Å². The fourth-order valence-electron chi connectivity index (χ4n) is 0.554. The summed E-state index contributed by atoms with van der Waals surface area (Å²) in [6.07, 6.45) is 4.17. The van der Waals surface area contributed by atoms with Crippen molar-refractivity contribution in [2.45, 2.75) is 5.82 Å². The summed E-state index contributed by atoms with van der Waals surface area (Å²) in [6.45, 7) is 1.12. The highest BCUT2D eigenvalue weighted by atomic mass is 14.8. The molecular formula is C4H8BN. The molecule has 1 unspecified atom stereocenters. The van der Waals surface area contributed by atoms with Crippen molar-refractivity contribution >= 4 is 7.85 Å². The molecule has 0 aromatic carbocycles. The zero-order valence-electron chi connectivity index (χ0n) is 3.94. The van der Waals surface area contributed by atoms with Crippen LogP contribution in [0.15, 0.2) is 12.3 Å². The van der Waals surface area contributed by atoms with Crippen molar-refractivity contribution in [1.29, 1.82) is 0 Å². The molecular weight excluding hydrogens is 72.9 g/mol. The summed E-state index contributed by atoms with van der Waals surface area (Å²) in [5, 5.41) is 3.09. The Hall–Kier alpha value is -0.395. The third kappa shape index (κ3) is 0.561. The normalized spacial score (nSPS) is 30.3. The van der Waals surface area contributed by atoms with Gasteiger partial charge in [0, 0.05) is 6.54 Å². The first-order valence-electron chi connectivity index (χ1n) is 2.29. The summed E-state index contributed by atoms with van der Waals surface area (Å²) in [5.74, 6) is 0.755. The predicted octanol–water partition coefficient (Wildman–Crippen LogP) is -0.475. The molecule has 0 spiro atoms. The fourth-order valence-corrected chi connectivity index (χ4v) is 0.554. The molecule has 0 amide bonds. The van der Waals surface area contributed by atoms with E-state index < -0.39 is 0 Å². The van der Waals surface area contributed by atoms with Gasteiger partial charge in [-0.25, -0.2) is 0 Å². The standard InChI is InChI=1S/C4H8BN/c5-4-1-2-6-3-4/h1-2,4,6H,3,5H2. The molecule has 1 rings (SSSR count). The van der Waals surface area contributed by atoms with Gasteiger partial charge in [-0.15, -0.1) is 0 Å². The van der Waals surface area contributed by atoms with Gasteiger partial charge in [-0.05, 0) is 12.0 Å². The highest BCUT2D eigenvalue weighted by molar-refractivity contribution is 6.13. The zero-order chi connectivity index (χ0) is 4.41. The van der Waals surface area contributed by atoms with Crippen LogP contribution in [0.25, 0.3) is 0 Å². The Balaban J connectivity index is 2.38. The van der Waals surface area contributed by atoms with E-state index in [0.29, 0.717) is 0 Å². The molecule has 1 nitrogen and oxygen atoms in total. The molecule has 0 aromatic rings. The van der Waals surface area contributed by atoms with Crippen LogP contribution in [0.2, 0.25) is 5.82 Å². The Labute approximate surface area is 38.8 Å². The molecule has 2 heteroatoms. The highest BCUT2D eigenvalue weighted by Gasteiger charge is 1.97. The predicted molar refractivity (Wildman–Crippen MR) is 29.4 cm³/mol. The Kier molecular flexibility index (Phi) is 0.865. The molecule has 1 heterocycles. The summed E-state index contributed by atoms with van der Waals surface area (Å²) >= 11 is 0. The van der Waals surface area contributed by atoms with Crippen molar-refractivity contribution in [2.75, 3.05) is 6.54 Å². The molecule has 0 aromatic heterocycles. The van der Waals surface area contributed by atoms with E-state index in [1.165, 1.54) is 0 Å². The lowest BCUT2D eigenvalue weighted by molar-refractivity contribution is 0.914. The summed E-state index contributed by atoms with van der Waals surface area (Å²) in [5.41, 5.74) is 0. The Morgan fingerprint density at radius 2 is 2.67 bits per heavy atom. The average molecular weight is 80.9 g/mol. The van der Waals surface area contributed by atoms with Crippen LogP contribution in [0, 0.1) is 0 Å². The maximum absolute atomic E-state index is 3.09. The van der Waals surface area contributed by atoms with E-state index in [1.807, 2.05) is 6.20 Å². The van der Waals surface area contributed by atoms with Gasteiger partial charge in [-0.1, -0.05) is 6.08 Å². The fraction of sp³-hybridized carbons (Fsp3) is 0.500. The first-order chi connectivity index (χ1) is 2.89. The van der Waals surface area contributed by atoms with Gasteiger partial charge in [-0.2, -0.15) is 0 Å².